The fraction of sp³-hybridized carbons (Fsp3) is 0.447. The number of guanidine groups is 1. The number of benzene rings is 3. The molecule has 8 heteroatoms. The van der Waals surface area contributed by atoms with Gasteiger partial charge in [-0.25, -0.2) is 14.4 Å². The van der Waals surface area contributed by atoms with Gasteiger partial charge in [0.25, 0.3) is 5.56 Å². The Balaban J connectivity index is 1.23. The normalized spacial score (nSPS) is 25.7. The monoisotopic (exact) mass is 620 g/mol. The number of hydrogen-bond donors (Lipinski definition) is 2. The molecule has 2 N–H and O–H groups in total. The molecule has 3 aromatic carbocycles. The number of anilines is 1. The maximum Gasteiger partial charge on any atom is 0.261 e. The van der Waals surface area contributed by atoms with Crippen molar-refractivity contribution in [2.45, 2.75) is 65.6 Å². The molecule has 0 amide bonds. The first-order valence-corrected chi connectivity index (χ1v) is 16.8. The van der Waals surface area contributed by atoms with E-state index in [0.717, 1.165) is 60.7 Å². The number of piperazine rings is 1. The molecule has 4 fully saturated rings. The van der Waals surface area contributed by atoms with Crippen molar-refractivity contribution in [1.29, 1.82) is 0 Å². The summed E-state index contributed by atoms with van der Waals surface area (Å²) in [4.78, 5) is 26.9. The molecule has 0 radical (unpaired) electrons. The van der Waals surface area contributed by atoms with Gasteiger partial charge in [-0.2, -0.15) is 0 Å². The highest BCUT2D eigenvalue weighted by Gasteiger charge is 2.56. The highest BCUT2D eigenvalue weighted by atomic mass is 19.1. The lowest BCUT2D eigenvalue weighted by molar-refractivity contribution is -0.108. The minimum absolute atomic E-state index is 0.0831. The lowest BCUT2D eigenvalue weighted by Crippen LogP contribution is -2.57. The maximum absolute atomic E-state index is 14.0. The van der Waals surface area contributed by atoms with Crippen LogP contribution in [0.4, 0.5) is 10.1 Å². The third-order valence-corrected chi connectivity index (χ3v) is 11.1. The molecule has 1 aromatic heterocycles. The number of aryl methyl sites for hydroxylation is 1. The fourth-order valence-corrected chi connectivity index (χ4v) is 8.10. The van der Waals surface area contributed by atoms with E-state index in [4.69, 9.17) is 9.98 Å². The third kappa shape index (κ3) is 5.83. The van der Waals surface area contributed by atoms with Crippen LogP contribution in [-0.4, -0.2) is 52.1 Å². The Morgan fingerprint density at radius 3 is 2.57 bits per heavy atom. The second-order valence-corrected chi connectivity index (χ2v) is 14.3. The molecule has 240 valence electrons. The largest absolute Gasteiger partial charge is 0.340 e. The Morgan fingerprint density at radius 2 is 1.85 bits per heavy atom. The van der Waals surface area contributed by atoms with Crippen molar-refractivity contribution in [3.63, 3.8) is 0 Å². The van der Waals surface area contributed by atoms with Gasteiger partial charge in [0.1, 0.15) is 11.6 Å². The smallest absolute Gasteiger partial charge is 0.261 e. The van der Waals surface area contributed by atoms with Crippen molar-refractivity contribution in [3.05, 3.63) is 94.5 Å². The van der Waals surface area contributed by atoms with Gasteiger partial charge in [-0.15, -0.1) is 0 Å². The van der Waals surface area contributed by atoms with Crippen molar-refractivity contribution in [2.24, 2.45) is 28.2 Å². The first-order chi connectivity index (χ1) is 22.2. The van der Waals surface area contributed by atoms with Crippen molar-refractivity contribution in [3.8, 4) is 11.4 Å². The van der Waals surface area contributed by atoms with Crippen LogP contribution in [0.25, 0.3) is 22.3 Å². The van der Waals surface area contributed by atoms with E-state index in [1.807, 2.05) is 48.5 Å². The van der Waals surface area contributed by atoms with Gasteiger partial charge in [0.15, 0.2) is 5.96 Å². The van der Waals surface area contributed by atoms with Crippen molar-refractivity contribution in [1.82, 2.24) is 19.8 Å². The lowest BCUT2D eigenvalue weighted by atomic mass is 9.45. The van der Waals surface area contributed by atoms with Crippen LogP contribution in [0.1, 0.15) is 46.1 Å². The fourth-order valence-electron chi connectivity index (χ4n) is 8.10. The lowest BCUT2D eigenvalue weighted by Gasteiger charge is -2.61. The Hall–Kier alpha value is -4.04. The SMILES string of the molecule is C[C@@H]1C(N=C(Nc2ccc3c(=O)n(CCc4ccc(F)cc4)c(-c4ccccc4)nc3c2)N2CCN[C@@H](C)C2)C[C@@H]2C[C@H]1C2(C)C. The Morgan fingerprint density at radius 1 is 1.07 bits per heavy atom. The van der Waals surface area contributed by atoms with E-state index >= 15 is 0 Å². The molecule has 3 aliphatic carbocycles. The summed E-state index contributed by atoms with van der Waals surface area (Å²) in [7, 11) is 0. The van der Waals surface area contributed by atoms with Crippen LogP contribution in [0.2, 0.25) is 0 Å². The molecule has 5 atom stereocenters. The summed E-state index contributed by atoms with van der Waals surface area (Å²) in [6.07, 6.45) is 3.05. The van der Waals surface area contributed by atoms with Crippen LogP contribution in [0.5, 0.6) is 0 Å². The van der Waals surface area contributed by atoms with Crippen LogP contribution in [0, 0.1) is 29.0 Å². The van der Waals surface area contributed by atoms with Crippen LogP contribution in [0.15, 0.2) is 82.6 Å². The number of aromatic nitrogens is 2. The molecule has 1 unspecified atom stereocenters. The van der Waals surface area contributed by atoms with Gasteiger partial charge in [0.2, 0.25) is 0 Å². The van der Waals surface area contributed by atoms with E-state index in [-0.39, 0.29) is 11.4 Å². The zero-order chi connectivity index (χ0) is 32.0. The van der Waals surface area contributed by atoms with E-state index in [0.29, 0.717) is 53.1 Å². The van der Waals surface area contributed by atoms with E-state index in [2.05, 4.69) is 43.2 Å². The molecule has 4 aliphatic rings. The zero-order valence-corrected chi connectivity index (χ0v) is 27.3. The number of nitrogens with one attached hydrogen (secondary N) is 2. The molecular weight excluding hydrogens is 575 g/mol. The first kappa shape index (κ1) is 30.6. The summed E-state index contributed by atoms with van der Waals surface area (Å²) in [5.74, 6) is 3.26. The van der Waals surface area contributed by atoms with Crippen molar-refractivity contribution >= 4 is 22.5 Å². The van der Waals surface area contributed by atoms with E-state index in [1.165, 1.54) is 18.6 Å². The van der Waals surface area contributed by atoms with Crippen LogP contribution < -0.4 is 16.2 Å². The number of aliphatic imine (C=N–C) groups is 1. The highest BCUT2D eigenvalue weighted by molar-refractivity contribution is 5.96. The van der Waals surface area contributed by atoms with E-state index in [1.54, 1.807) is 16.7 Å². The number of rotatable bonds is 6. The van der Waals surface area contributed by atoms with Gasteiger partial charge < -0.3 is 15.5 Å². The highest BCUT2D eigenvalue weighted by Crippen LogP contribution is 2.61. The minimum Gasteiger partial charge on any atom is -0.340 e. The molecule has 1 saturated heterocycles. The van der Waals surface area contributed by atoms with Gasteiger partial charge in [0, 0.05) is 43.5 Å². The predicted molar refractivity (Wildman–Crippen MR) is 185 cm³/mol. The molecule has 8 rings (SSSR count). The van der Waals surface area contributed by atoms with Gasteiger partial charge in [-0.3, -0.25) is 9.36 Å². The number of hydrogen-bond acceptors (Lipinski definition) is 4. The third-order valence-electron chi connectivity index (χ3n) is 11.1. The summed E-state index contributed by atoms with van der Waals surface area (Å²) < 4.78 is 15.3. The summed E-state index contributed by atoms with van der Waals surface area (Å²) in [6, 6.07) is 22.8. The van der Waals surface area contributed by atoms with Crippen LogP contribution in [0.3, 0.4) is 0 Å². The summed E-state index contributed by atoms with van der Waals surface area (Å²) in [5.41, 5.74) is 3.70. The summed E-state index contributed by atoms with van der Waals surface area (Å²) in [5, 5.41) is 7.82. The maximum atomic E-state index is 14.0. The number of fused-ring (bicyclic) bond motifs is 3. The first-order valence-electron chi connectivity index (χ1n) is 16.8. The van der Waals surface area contributed by atoms with E-state index in [9.17, 15) is 9.18 Å². The second kappa shape index (κ2) is 12.3. The molecule has 2 bridgehead atoms. The quantitative estimate of drug-likeness (QED) is 0.188. The van der Waals surface area contributed by atoms with Crippen molar-refractivity contribution < 1.29 is 4.39 Å². The molecule has 7 nitrogen and oxygen atoms in total. The summed E-state index contributed by atoms with van der Waals surface area (Å²) in [6.45, 7) is 12.6. The molecule has 4 aromatic rings. The van der Waals surface area contributed by atoms with Gasteiger partial charge in [-0.1, -0.05) is 63.2 Å². The summed E-state index contributed by atoms with van der Waals surface area (Å²) >= 11 is 0. The van der Waals surface area contributed by atoms with Crippen LogP contribution >= 0.6 is 0 Å². The number of nitrogens with zero attached hydrogens (tertiary/aromatic N) is 4. The van der Waals surface area contributed by atoms with E-state index < -0.39 is 0 Å². The standard InChI is InChI=1S/C38H45FN6O/c1-24-23-44(19-17-40-24)37(43-33-21-28-20-32(25(33)2)38(28,3)4)41-30-14-15-31-34(22-30)42-35(27-8-6-5-7-9-27)45(36(31)46)18-16-26-10-12-29(39)13-11-26/h5-15,22,24-25,28,32-33,40H,16-21,23H2,1-4H3,(H,41,43)/t24-,25-,28-,32+,33?/m0/s1. The average molecular weight is 621 g/mol. The Bertz CT molecular complexity index is 1800. The molecular formula is C38H45FN6O. The van der Waals surface area contributed by atoms with Gasteiger partial charge >= 0.3 is 0 Å². The molecule has 2 heterocycles. The molecule has 0 spiro atoms. The number of halogens is 1. The topological polar surface area (TPSA) is 74.5 Å². The Labute approximate surface area is 271 Å². The second-order valence-electron chi connectivity index (χ2n) is 14.3. The Kier molecular flexibility index (Phi) is 8.17. The van der Waals surface area contributed by atoms with Crippen LogP contribution in [-0.2, 0) is 13.0 Å². The van der Waals surface area contributed by atoms with Gasteiger partial charge in [-0.05, 0) is 85.3 Å². The van der Waals surface area contributed by atoms with Gasteiger partial charge in [0.05, 0.1) is 16.9 Å². The minimum atomic E-state index is -0.267. The predicted octanol–water partition coefficient (Wildman–Crippen LogP) is 6.58. The molecule has 46 heavy (non-hydrogen) atoms. The molecule has 3 saturated carbocycles. The molecule has 1 aliphatic heterocycles. The average Bonchev–Trinajstić information content (AvgIpc) is 3.05. The zero-order valence-electron chi connectivity index (χ0n) is 27.3. The van der Waals surface area contributed by atoms with Crippen molar-refractivity contribution in [2.75, 3.05) is 25.0 Å².